The zero-order chi connectivity index (χ0) is 11.3. The third-order valence-corrected chi connectivity index (χ3v) is 2.67. The minimum atomic E-state index is -0.951. The first-order valence-corrected chi connectivity index (χ1v) is 5.12. The highest BCUT2D eigenvalue weighted by molar-refractivity contribution is 7.16. The summed E-state index contributed by atoms with van der Waals surface area (Å²) in [4.78, 5) is 16.3. The highest BCUT2D eigenvalue weighted by atomic mass is 32.1. The summed E-state index contributed by atoms with van der Waals surface area (Å²) in [6.07, 6.45) is 7.77. The molecule has 0 radical (unpaired) electrons. The predicted molar refractivity (Wildman–Crippen MR) is 62.3 cm³/mol. The van der Waals surface area contributed by atoms with Crippen molar-refractivity contribution in [3.63, 3.8) is 0 Å². The normalized spacial score (nSPS) is 11.3. The molecule has 0 spiro atoms. The minimum Gasteiger partial charge on any atom is -0.478 e. The van der Waals surface area contributed by atoms with Gasteiger partial charge in [-0.2, -0.15) is 0 Å². The Hall–Kier alpha value is -1.62. The second kappa shape index (κ2) is 5.31. The van der Waals surface area contributed by atoms with Crippen LogP contribution in [0.3, 0.4) is 0 Å². The minimum absolute atomic E-state index is 0.855. The Morgan fingerprint density at radius 1 is 1.53 bits per heavy atom. The van der Waals surface area contributed by atoms with Gasteiger partial charge >= 0.3 is 5.97 Å². The SMILES string of the molecule is CN(C)c1cnc(C=C/C=C/C(=O)O)s1. The van der Waals surface area contributed by atoms with Crippen molar-refractivity contribution >= 4 is 28.4 Å². The van der Waals surface area contributed by atoms with E-state index in [0.29, 0.717) is 0 Å². The van der Waals surface area contributed by atoms with E-state index in [1.54, 1.807) is 29.7 Å². The fourth-order valence-electron chi connectivity index (χ4n) is 0.838. The van der Waals surface area contributed by atoms with Gasteiger partial charge in [0.2, 0.25) is 0 Å². The van der Waals surface area contributed by atoms with Crippen LogP contribution in [0.5, 0.6) is 0 Å². The molecule has 0 atom stereocenters. The Morgan fingerprint density at radius 3 is 2.80 bits per heavy atom. The molecular weight excluding hydrogens is 212 g/mol. The summed E-state index contributed by atoms with van der Waals surface area (Å²) in [5.74, 6) is -0.951. The number of thiazole rings is 1. The molecule has 0 amide bonds. The van der Waals surface area contributed by atoms with Crippen molar-refractivity contribution in [1.82, 2.24) is 4.98 Å². The van der Waals surface area contributed by atoms with Gasteiger partial charge in [-0.3, -0.25) is 0 Å². The molecule has 1 aromatic rings. The molecule has 0 aliphatic heterocycles. The number of carboxylic acid groups (broad SMARTS) is 1. The topological polar surface area (TPSA) is 53.4 Å². The number of allylic oxidation sites excluding steroid dienone is 2. The molecule has 0 saturated carbocycles. The molecule has 80 valence electrons. The Morgan fingerprint density at radius 2 is 2.27 bits per heavy atom. The molecule has 0 unspecified atom stereocenters. The average molecular weight is 224 g/mol. The lowest BCUT2D eigenvalue weighted by atomic mass is 10.4. The van der Waals surface area contributed by atoms with Gasteiger partial charge in [-0.15, -0.1) is 0 Å². The molecule has 0 aromatic carbocycles. The van der Waals surface area contributed by atoms with E-state index in [0.717, 1.165) is 16.1 Å². The maximum atomic E-state index is 10.2. The largest absolute Gasteiger partial charge is 0.478 e. The molecule has 0 bridgehead atoms. The zero-order valence-corrected chi connectivity index (χ0v) is 9.36. The number of aliphatic carboxylic acids is 1. The number of carbonyl (C=O) groups is 1. The van der Waals surface area contributed by atoms with Gasteiger partial charge in [-0.1, -0.05) is 23.5 Å². The predicted octanol–water partition coefficient (Wildman–Crippen LogP) is 1.86. The van der Waals surface area contributed by atoms with E-state index in [4.69, 9.17) is 5.11 Å². The van der Waals surface area contributed by atoms with Gasteiger partial charge in [0.05, 0.1) is 6.20 Å². The van der Waals surface area contributed by atoms with Crippen LogP contribution in [0.2, 0.25) is 0 Å². The number of hydrogen-bond donors (Lipinski definition) is 1. The van der Waals surface area contributed by atoms with Crippen LogP contribution < -0.4 is 4.90 Å². The van der Waals surface area contributed by atoms with Gasteiger partial charge in [0.1, 0.15) is 10.0 Å². The van der Waals surface area contributed by atoms with Crippen molar-refractivity contribution in [3.8, 4) is 0 Å². The number of nitrogens with zero attached hydrogens (tertiary/aromatic N) is 2. The first-order chi connectivity index (χ1) is 7.09. The van der Waals surface area contributed by atoms with Crippen molar-refractivity contribution in [2.75, 3.05) is 19.0 Å². The van der Waals surface area contributed by atoms with Crippen LogP contribution in [0.4, 0.5) is 5.00 Å². The molecule has 0 aliphatic rings. The summed E-state index contributed by atoms with van der Waals surface area (Å²) in [6.45, 7) is 0. The Bertz CT molecular complexity index is 394. The number of hydrogen-bond acceptors (Lipinski definition) is 4. The smallest absolute Gasteiger partial charge is 0.328 e. The summed E-state index contributed by atoms with van der Waals surface area (Å²) in [7, 11) is 3.90. The number of carboxylic acids is 1. The van der Waals surface area contributed by atoms with Crippen LogP contribution in [0.1, 0.15) is 5.01 Å². The van der Waals surface area contributed by atoms with Gasteiger partial charge in [0, 0.05) is 20.2 Å². The third-order valence-electron chi connectivity index (χ3n) is 1.54. The molecule has 0 saturated heterocycles. The fraction of sp³-hybridized carbons (Fsp3) is 0.200. The van der Waals surface area contributed by atoms with Crippen molar-refractivity contribution < 1.29 is 9.90 Å². The molecular formula is C10H12N2O2S. The van der Waals surface area contributed by atoms with Crippen molar-refractivity contribution in [2.24, 2.45) is 0 Å². The lowest BCUT2D eigenvalue weighted by molar-refractivity contribution is -0.131. The monoisotopic (exact) mass is 224 g/mol. The number of anilines is 1. The van der Waals surface area contributed by atoms with E-state index in [9.17, 15) is 4.79 Å². The summed E-state index contributed by atoms with van der Waals surface area (Å²) < 4.78 is 0. The third kappa shape index (κ3) is 3.95. The van der Waals surface area contributed by atoms with Crippen molar-refractivity contribution in [1.29, 1.82) is 0 Å². The molecule has 5 heteroatoms. The standard InChI is InChI=1S/C10H12N2O2S/c1-12(2)9-7-11-8(15-9)5-3-4-6-10(13)14/h3-7H,1-2H3,(H,13,14)/b5-3?,6-4+. The molecule has 0 fully saturated rings. The molecule has 0 aliphatic carbocycles. The Labute approximate surface area is 92.2 Å². The van der Waals surface area contributed by atoms with Gasteiger partial charge in [-0.05, 0) is 6.08 Å². The average Bonchev–Trinajstić information content (AvgIpc) is 2.60. The van der Waals surface area contributed by atoms with Gasteiger partial charge < -0.3 is 10.0 Å². The van der Waals surface area contributed by atoms with Crippen molar-refractivity contribution in [2.45, 2.75) is 0 Å². The second-order valence-corrected chi connectivity index (χ2v) is 4.03. The van der Waals surface area contributed by atoms with Crippen LogP contribution >= 0.6 is 11.3 Å². The molecule has 4 nitrogen and oxygen atoms in total. The van der Waals surface area contributed by atoms with Crippen molar-refractivity contribution in [3.05, 3.63) is 29.4 Å². The van der Waals surface area contributed by atoms with E-state index >= 15 is 0 Å². The van der Waals surface area contributed by atoms with E-state index in [1.807, 2.05) is 19.0 Å². The molecule has 1 N–H and O–H groups in total. The second-order valence-electron chi connectivity index (χ2n) is 2.99. The zero-order valence-electron chi connectivity index (χ0n) is 8.54. The Kier molecular flexibility index (Phi) is 4.05. The van der Waals surface area contributed by atoms with Crippen LogP contribution in [0.25, 0.3) is 6.08 Å². The summed E-state index contributed by atoms with van der Waals surface area (Å²) in [5, 5.41) is 10.3. The molecule has 1 rings (SSSR count). The first-order valence-electron chi connectivity index (χ1n) is 4.30. The fourth-order valence-corrected chi connectivity index (χ4v) is 1.59. The van der Waals surface area contributed by atoms with E-state index < -0.39 is 5.97 Å². The van der Waals surface area contributed by atoms with Crippen LogP contribution in [-0.2, 0) is 4.79 Å². The summed E-state index contributed by atoms with van der Waals surface area (Å²) in [6, 6.07) is 0. The number of aromatic nitrogens is 1. The quantitative estimate of drug-likeness (QED) is 0.626. The lowest BCUT2D eigenvalue weighted by Gasteiger charge is -2.05. The highest BCUT2D eigenvalue weighted by Gasteiger charge is 1.99. The van der Waals surface area contributed by atoms with Crippen LogP contribution in [0.15, 0.2) is 24.4 Å². The summed E-state index contributed by atoms with van der Waals surface area (Å²) in [5.41, 5.74) is 0. The molecule has 1 heterocycles. The van der Waals surface area contributed by atoms with E-state index in [-0.39, 0.29) is 0 Å². The van der Waals surface area contributed by atoms with E-state index in [2.05, 4.69) is 4.98 Å². The van der Waals surface area contributed by atoms with Gasteiger partial charge in [0.15, 0.2) is 0 Å². The summed E-state index contributed by atoms with van der Waals surface area (Å²) >= 11 is 1.55. The van der Waals surface area contributed by atoms with Gasteiger partial charge in [-0.25, -0.2) is 9.78 Å². The molecule has 1 aromatic heterocycles. The van der Waals surface area contributed by atoms with Gasteiger partial charge in [0.25, 0.3) is 0 Å². The first kappa shape index (κ1) is 11.5. The van der Waals surface area contributed by atoms with Crippen LogP contribution in [0, 0.1) is 0 Å². The van der Waals surface area contributed by atoms with E-state index in [1.165, 1.54) is 6.08 Å². The lowest BCUT2D eigenvalue weighted by Crippen LogP contribution is -2.05. The highest BCUT2D eigenvalue weighted by Crippen LogP contribution is 2.21. The maximum absolute atomic E-state index is 10.2. The maximum Gasteiger partial charge on any atom is 0.328 e. The number of rotatable bonds is 4. The van der Waals surface area contributed by atoms with Crippen LogP contribution in [-0.4, -0.2) is 30.2 Å². The Balaban J connectivity index is 2.61. The molecule has 15 heavy (non-hydrogen) atoms.